The Balaban J connectivity index is 2.30. The van der Waals surface area contributed by atoms with E-state index in [9.17, 15) is 9.90 Å². The lowest BCUT2D eigenvalue weighted by atomic mass is 9.96. The molecule has 0 aliphatic carbocycles. The Hall–Kier alpha value is -1.09. The number of amides is 1. The molecule has 0 saturated carbocycles. The van der Waals surface area contributed by atoms with Crippen LogP contribution in [0, 0.1) is 0 Å². The predicted octanol–water partition coefficient (Wildman–Crippen LogP) is 0.423. The van der Waals surface area contributed by atoms with E-state index in [1.165, 1.54) is 11.0 Å². The van der Waals surface area contributed by atoms with Crippen LogP contribution in [-0.4, -0.2) is 28.2 Å². The molecule has 1 fully saturated rings. The Bertz CT molecular complexity index is 282. The number of nitrogens with zero attached hydrogens (tertiary/aromatic N) is 1. The number of fused-ring (bicyclic) bond motifs is 1. The van der Waals surface area contributed by atoms with Crippen molar-refractivity contribution in [1.82, 2.24) is 4.90 Å². The molecule has 0 bridgehead atoms. The first-order valence-corrected chi connectivity index (χ1v) is 4.02. The summed E-state index contributed by atoms with van der Waals surface area (Å²) in [5.74, 6) is -0.0926. The molecule has 1 unspecified atom stereocenters. The molecule has 2 rings (SSSR count). The van der Waals surface area contributed by atoms with Crippen molar-refractivity contribution in [3.05, 3.63) is 24.3 Å². The van der Waals surface area contributed by atoms with Crippen LogP contribution < -0.4 is 0 Å². The highest BCUT2D eigenvalue weighted by molar-refractivity contribution is 5.91. The number of piperidine rings is 1. The molecule has 3 nitrogen and oxygen atoms in total. The van der Waals surface area contributed by atoms with Gasteiger partial charge in [-0.15, -0.1) is 0 Å². The number of carbonyl (C=O) groups excluding carboxylic acids is 1. The van der Waals surface area contributed by atoms with Crippen LogP contribution in [0.1, 0.15) is 12.8 Å². The first-order valence-electron chi connectivity index (χ1n) is 4.02. The summed E-state index contributed by atoms with van der Waals surface area (Å²) in [6.45, 7) is 4.40. The Labute approximate surface area is 71.0 Å². The zero-order valence-corrected chi connectivity index (χ0v) is 6.79. The normalized spacial score (nSPS) is 34.2. The van der Waals surface area contributed by atoms with Crippen LogP contribution in [0.3, 0.4) is 0 Å². The van der Waals surface area contributed by atoms with Gasteiger partial charge >= 0.3 is 0 Å². The second-order valence-electron chi connectivity index (χ2n) is 3.38. The summed E-state index contributed by atoms with van der Waals surface area (Å²) in [5.41, 5.74) is -0.0556. The number of aliphatic hydroxyl groups is 1. The number of hydrogen-bond donors (Lipinski definition) is 1. The molecule has 2 heterocycles. The average Bonchev–Trinajstić information content (AvgIpc) is 2.27. The molecule has 64 valence electrons. The average molecular weight is 165 g/mol. The summed E-state index contributed by atoms with van der Waals surface area (Å²) in [5, 5.41) is 9.91. The van der Waals surface area contributed by atoms with E-state index < -0.39 is 5.72 Å². The lowest BCUT2D eigenvalue weighted by molar-refractivity contribution is -0.143. The summed E-state index contributed by atoms with van der Waals surface area (Å²) >= 11 is 0. The molecule has 1 saturated heterocycles. The second-order valence-corrected chi connectivity index (χ2v) is 3.38. The molecule has 3 heteroatoms. The first-order chi connectivity index (χ1) is 5.62. The molecule has 12 heavy (non-hydrogen) atoms. The number of rotatable bonds is 0. The maximum Gasteiger partial charge on any atom is 0.248 e. The van der Waals surface area contributed by atoms with Crippen LogP contribution >= 0.6 is 0 Å². The van der Waals surface area contributed by atoms with Gasteiger partial charge < -0.3 is 10.0 Å². The van der Waals surface area contributed by atoms with Crippen molar-refractivity contribution in [2.75, 3.05) is 6.54 Å². The van der Waals surface area contributed by atoms with Gasteiger partial charge in [-0.1, -0.05) is 12.2 Å². The van der Waals surface area contributed by atoms with Crippen LogP contribution in [-0.2, 0) is 4.79 Å². The summed E-state index contributed by atoms with van der Waals surface area (Å²) in [6, 6.07) is 0. The van der Waals surface area contributed by atoms with Crippen molar-refractivity contribution in [2.45, 2.75) is 18.6 Å². The highest BCUT2D eigenvalue weighted by Crippen LogP contribution is 2.33. The molecular formula is C9H11NO2. The smallest absolute Gasteiger partial charge is 0.248 e. The van der Waals surface area contributed by atoms with E-state index in [1.54, 1.807) is 6.08 Å². The van der Waals surface area contributed by atoms with E-state index in [1.807, 2.05) is 0 Å². The molecular weight excluding hydrogens is 154 g/mol. The Kier molecular flexibility index (Phi) is 1.38. The van der Waals surface area contributed by atoms with E-state index in [2.05, 4.69) is 6.58 Å². The topological polar surface area (TPSA) is 40.5 Å². The summed E-state index contributed by atoms with van der Waals surface area (Å²) < 4.78 is 0. The van der Waals surface area contributed by atoms with Crippen molar-refractivity contribution in [2.24, 2.45) is 0 Å². The molecule has 2 aliphatic heterocycles. The Morgan fingerprint density at radius 2 is 2.42 bits per heavy atom. The minimum Gasteiger partial charge on any atom is -0.367 e. The van der Waals surface area contributed by atoms with Crippen molar-refractivity contribution in [3.63, 3.8) is 0 Å². The van der Waals surface area contributed by atoms with Gasteiger partial charge in [-0.25, -0.2) is 0 Å². The quantitative estimate of drug-likeness (QED) is 0.528. The molecule has 2 aliphatic rings. The maximum atomic E-state index is 11.2. The van der Waals surface area contributed by atoms with Crippen LogP contribution in [0.4, 0.5) is 0 Å². The third-order valence-corrected chi connectivity index (χ3v) is 2.43. The van der Waals surface area contributed by atoms with E-state index >= 15 is 0 Å². The predicted molar refractivity (Wildman–Crippen MR) is 44.2 cm³/mol. The minimum absolute atomic E-state index is 0.0926. The van der Waals surface area contributed by atoms with Gasteiger partial charge in [0, 0.05) is 19.0 Å². The molecule has 0 aromatic rings. The number of carbonyl (C=O) groups is 1. The van der Waals surface area contributed by atoms with Gasteiger partial charge in [-0.3, -0.25) is 4.79 Å². The fraction of sp³-hybridized carbons (Fsp3) is 0.444. The van der Waals surface area contributed by atoms with Crippen molar-refractivity contribution in [1.29, 1.82) is 0 Å². The zero-order chi connectivity index (χ0) is 8.77. The molecule has 1 atom stereocenters. The van der Waals surface area contributed by atoms with Gasteiger partial charge in [-0.2, -0.15) is 0 Å². The first kappa shape index (κ1) is 7.55. The van der Waals surface area contributed by atoms with E-state index in [-0.39, 0.29) is 5.91 Å². The molecule has 0 spiro atoms. The lowest BCUT2D eigenvalue weighted by Crippen LogP contribution is -2.49. The molecule has 0 radical (unpaired) electrons. The summed E-state index contributed by atoms with van der Waals surface area (Å²) in [6.07, 6.45) is 4.27. The standard InChI is InChI=1S/C9H11NO2/c1-7-3-5-10-8(11)2-4-9(10,12)6-7/h2,4,12H,1,3,5-6H2. The SMILES string of the molecule is C=C1CCN2C(=O)C=CC2(O)C1. The van der Waals surface area contributed by atoms with E-state index in [0.717, 1.165) is 12.0 Å². The lowest BCUT2D eigenvalue weighted by Gasteiger charge is -2.38. The van der Waals surface area contributed by atoms with Gasteiger partial charge in [0.1, 0.15) is 0 Å². The fourth-order valence-corrected chi connectivity index (χ4v) is 1.76. The third-order valence-electron chi connectivity index (χ3n) is 2.43. The zero-order valence-electron chi connectivity index (χ0n) is 6.79. The molecule has 0 aromatic carbocycles. The van der Waals surface area contributed by atoms with Crippen LogP contribution in [0.15, 0.2) is 24.3 Å². The summed E-state index contributed by atoms with van der Waals surface area (Å²) in [7, 11) is 0. The Morgan fingerprint density at radius 3 is 3.17 bits per heavy atom. The molecule has 1 amide bonds. The summed E-state index contributed by atoms with van der Waals surface area (Å²) in [4.78, 5) is 12.7. The van der Waals surface area contributed by atoms with Gasteiger partial charge in [0.25, 0.3) is 0 Å². The van der Waals surface area contributed by atoms with Crippen LogP contribution in [0.2, 0.25) is 0 Å². The largest absolute Gasteiger partial charge is 0.367 e. The maximum absolute atomic E-state index is 11.2. The van der Waals surface area contributed by atoms with Gasteiger partial charge in [0.15, 0.2) is 5.72 Å². The third kappa shape index (κ3) is 0.898. The van der Waals surface area contributed by atoms with Gasteiger partial charge in [0.2, 0.25) is 5.91 Å². The molecule has 0 aromatic heterocycles. The van der Waals surface area contributed by atoms with Crippen molar-refractivity contribution in [3.8, 4) is 0 Å². The monoisotopic (exact) mass is 165 g/mol. The van der Waals surface area contributed by atoms with Crippen molar-refractivity contribution < 1.29 is 9.90 Å². The molecule has 1 N–H and O–H groups in total. The van der Waals surface area contributed by atoms with Crippen molar-refractivity contribution >= 4 is 5.91 Å². The van der Waals surface area contributed by atoms with Gasteiger partial charge in [-0.05, 0) is 12.5 Å². The number of hydrogen-bond acceptors (Lipinski definition) is 2. The van der Waals surface area contributed by atoms with Crippen LogP contribution in [0.25, 0.3) is 0 Å². The Morgan fingerprint density at radius 1 is 1.67 bits per heavy atom. The van der Waals surface area contributed by atoms with E-state index in [4.69, 9.17) is 0 Å². The highest BCUT2D eigenvalue weighted by atomic mass is 16.3. The highest BCUT2D eigenvalue weighted by Gasteiger charge is 2.41. The van der Waals surface area contributed by atoms with E-state index in [0.29, 0.717) is 13.0 Å². The fourth-order valence-electron chi connectivity index (χ4n) is 1.76. The second kappa shape index (κ2) is 2.20. The van der Waals surface area contributed by atoms with Gasteiger partial charge in [0.05, 0.1) is 0 Å². The van der Waals surface area contributed by atoms with Crippen LogP contribution in [0.5, 0.6) is 0 Å². The minimum atomic E-state index is -1.06.